The van der Waals surface area contributed by atoms with Crippen LogP contribution in [0.15, 0.2) is 71.9 Å². The molecule has 0 spiro atoms. The second-order valence-electron chi connectivity index (χ2n) is 7.67. The highest BCUT2D eigenvalue weighted by Gasteiger charge is 2.15. The van der Waals surface area contributed by atoms with E-state index in [1.807, 2.05) is 54.6 Å². The molecular weight excluding hydrogens is 422 g/mol. The van der Waals surface area contributed by atoms with Gasteiger partial charge in [0.2, 0.25) is 5.88 Å². The standard InChI is InChI=1S/C26H28ClN3O2/c27-22-12-4-3-10-20(22)15-18-29-25-21-11-9-17-30-26(21)32-24-14-6-5-13-23(24)31-19-8-2-1-7-16-28-25/h3-6,9-14,17H,1-2,7-8,15-16,18-19H2,(H,28,29). The van der Waals surface area contributed by atoms with Crippen molar-refractivity contribution in [3.05, 3.63) is 83.0 Å². The van der Waals surface area contributed by atoms with Crippen LogP contribution in [0.5, 0.6) is 17.4 Å². The number of aliphatic imine (C=N–C) groups is 1. The van der Waals surface area contributed by atoms with E-state index in [1.165, 1.54) is 0 Å². The number of nitrogens with zero attached hydrogens (tertiary/aromatic N) is 2. The SMILES string of the molecule is Clc1ccccc1CCNC1=NCCCCCCOc2ccccc2Oc2ncccc21. The number of benzene rings is 2. The Morgan fingerprint density at radius 3 is 2.59 bits per heavy atom. The summed E-state index contributed by atoms with van der Waals surface area (Å²) < 4.78 is 12.2. The first-order valence-electron chi connectivity index (χ1n) is 11.2. The number of rotatable bonds is 3. The van der Waals surface area contributed by atoms with E-state index < -0.39 is 0 Å². The number of pyridine rings is 1. The van der Waals surface area contributed by atoms with Crippen molar-refractivity contribution in [2.45, 2.75) is 32.1 Å². The molecule has 0 radical (unpaired) electrons. The van der Waals surface area contributed by atoms with Gasteiger partial charge in [-0.2, -0.15) is 0 Å². The Balaban J connectivity index is 1.59. The largest absolute Gasteiger partial charge is 0.490 e. The Kier molecular flexibility index (Phi) is 7.99. The molecule has 0 bridgehead atoms. The van der Waals surface area contributed by atoms with Crippen LogP contribution in [-0.2, 0) is 6.42 Å². The molecule has 2 heterocycles. The van der Waals surface area contributed by atoms with Gasteiger partial charge < -0.3 is 14.8 Å². The van der Waals surface area contributed by atoms with Gasteiger partial charge in [-0.05, 0) is 61.6 Å². The van der Waals surface area contributed by atoms with Crippen LogP contribution in [0.4, 0.5) is 0 Å². The average molecular weight is 450 g/mol. The molecule has 2 aromatic carbocycles. The molecule has 1 aliphatic heterocycles. The summed E-state index contributed by atoms with van der Waals surface area (Å²) in [6.07, 6.45) is 6.81. The summed E-state index contributed by atoms with van der Waals surface area (Å²) in [6, 6.07) is 19.5. The number of hydrogen-bond donors (Lipinski definition) is 1. The second-order valence-corrected chi connectivity index (χ2v) is 8.07. The Hall–Kier alpha value is -3.05. The zero-order chi connectivity index (χ0) is 22.0. The third-order valence-electron chi connectivity index (χ3n) is 5.31. The summed E-state index contributed by atoms with van der Waals surface area (Å²) in [6.45, 7) is 2.13. The van der Waals surface area contributed by atoms with Gasteiger partial charge in [0.15, 0.2) is 11.5 Å². The van der Waals surface area contributed by atoms with Gasteiger partial charge in [0.1, 0.15) is 5.84 Å². The van der Waals surface area contributed by atoms with Crippen molar-refractivity contribution in [1.29, 1.82) is 0 Å². The highest BCUT2D eigenvalue weighted by atomic mass is 35.5. The Morgan fingerprint density at radius 1 is 0.875 bits per heavy atom. The van der Waals surface area contributed by atoms with E-state index in [-0.39, 0.29) is 0 Å². The molecule has 0 unspecified atom stereocenters. The monoisotopic (exact) mass is 449 g/mol. The van der Waals surface area contributed by atoms with Crippen LogP contribution in [0.25, 0.3) is 0 Å². The van der Waals surface area contributed by atoms with Crippen molar-refractivity contribution in [2.24, 2.45) is 4.99 Å². The Labute approximate surface area is 194 Å². The van der Waals surface area contributed by atoms with E-state index in [2.05, 4.69) is 16.4 Å². The van der Waals surface area contributed by atoms with Crippen LogP contribution in [0.3, 0.4) is 0 Å². The molecule has 6 heteroatoms. The van der Waals surface area contributed by atoms with Crippen molar-refractivity contribution in [1.82, 2.24) is 10.3 Å². The smallest absolute Gasteiger partial charge is 0.230 e. The molecule has 0 saturated heterocycles. The number of aromatic nitrogens is 1. The number of halogens is 1. The summed E-state index contributed by atoms with van der Waals surface area (Å²) in [5.74, 6) is 2.67. The number of ether oxygens (including phenoxy) is 2. The quantitative estimate of drug-likeness (QED) is 0.528. The van der Waals surface area contributed by atoms with E-state index >= 15 is 0 Å². The third-order valence-corrected chi connectivity index (χ3v) is 5.68. The predicted octanol–water partition coefficient (Wildman–Crippen LogP) is 6.06. The fourth-order valence-corrected chi connectivity index (χ4v) is 3.83. The van der Waals surface area contributed by atoms with Crippen LogP contribution in [0, 0.1) is 0 Å². The molecule has 0 amide bonds. The van der Waals surface area contributed by atoms with E-state index in [0.717, 1.165) is 66.4 Å². The molecule has 0 saturated carbocycles. The van der Waals surface area contributed by atoms with Gasteiger partial charge in [-0.25, -0.2) is 4.98 Å². The van der Waals surface area contributed by atoms with Gasteiger partial charge in [-0.1, -0.05) is 48.4 Å². The van der Waals surface area contributed by atoms with E-state index in [4.69, 9.17) is 26.1 Å². The topological polar surface area (TPSA) is 55.7 Å². The maximum absolute atomic E-state index is 6.32. The van der Waals surface area contributed by atoms with Crippen molar-refractivity contribution < 1.29 is 9.47 Å². The fraction of sp³-hybridized carbons (Fsp3) is 0.308. The lowest BCUT2D eigenvalue weighted by Gasteiger charge is -2.17. The van der Waals surface area contributed by atoms with E-state index in [1.54, 1.807) is 6.20 Å². The third kappa shape index (κ3) is 6.01. The van der Waals surface area contributed by atoms with Gasteiger partial charge in [-0.15, -0.1) is 0 Å². The van der Waals surface area contributed by atoms with Crippen molar-refractivity contribution in [3.8, 4) is 17.4 Å². The lowest BCUT2D eigenvalue weighted by molar-refractivity contribution is 0.290. The first-order chi connectivity index (χ1) is 15.8. The van der Waals surface area contributed by atoms with Crippen LogP contribution in [-0.4, -0.2) is 30.5 Å². The van der Waals surface area contributed by atoms with Crippen LogP contribution in [0.1, 0.15) is 36.8 Å². The molecular formula is C26H28ClN3O2. The first kappa shape index (κ1) is 22.2. The molecule has 1 aromatic heterocycles. The molecule has 4 rings (SSSR count). The van der Waals surface area contributed by atoms with Crippen LogP contribution >= 0.6 is 11.6 Å². The average Bonchev–Trinajstić information content (AvgIpc) is 2.82. The van der Waals surface area contributed by atoms with Crippen molar-refractivity contribution in [3.63, 3.8) is 0 Å². The summed E-state index contributed by atoms with van der Waals surface area (Å²) >= 11 is 6.32. The highest BCUT2D eigenvalue weighted by molar-refractivity contribution is 6.31. The normalized spacial score (nSPS) is 14.6. The van der Waals surface area contributed by atoms with Gasteiger partial charge in [0.25, 0.3) is 0 Å². The zero-order valence-electron chi connectivity index (χ0n) is 18.1. The Bertz CT molecular complexity index is 1050. The van der Waals surface area contributed by atoms with E-state index in [9.17, 15) is 0 Å². The minimum atomic E-state index is 0.504. The maximum atomic E-state index is 6.32. The summed E-state index contributed by atoms with van der Waals surface area (Å²) in [5.41, 5.74) is 1.94. The molecule has 3 aromatic rings. The predicted molar refractivity (Wildman–Crippen MR) is 129 cm³/mol. The summed E-state index contributed by atoms with van der Waals surface area (Å²) in [7, 11) is 0. The molecule has 0 atom stereocenters. The lowest BCUT2D eigenvalue weighted by atomic mass is 10.1. The van der Waals surface area contributed by atoms with Gasteiger partial charge in [0, 0.05) is 24.3 Å². The number of para-hydroxylation sites is 2. The number of nitrogens with one attached hydrogen (secondary N) is 1. The van der Waals surface area contributed by atoms with Gasteiger partial charge >= 0.3 is 0 Å². The highest BCUT2D eigenvalue weighted by Crippen LogP contribution is 2.32. The maximum Gasteiger partial charge on any atom is 0.230 e. The molecule has 0 aliphatic carbocycles. The molecule has 1 N–H and O–H groups in total. The fourth-order valence-electron chi connectivity index (χ4n) is 3.60. The molecule has 1 aliphatic rings. The van der Waals surface area contributed by atoms with Gasteiger partial charge in [-0.3, -0.25) is 4.99 Å². The van der Waals surface area contributed by atoms with Crippen LogP contribution in [0.2, 0.25) is 5.02 Å². The number of hydrogen-bond acceptors (Lipinski definition) is 5. The molecule has 166 valence electrons. The molecule has 0 fully saturated rings. The van der Waals surface area contributed by atoms with Gasteiger partial charge in [0.05, 0.1) is 12.2 Å². The summed E-state index contributed by atoms with van der Waals surface area (Å²) in [5, 5.41) is 4.28. The molecule has 32 heavy (non-hydrogen) atoms. The van der Waals surface area contributed by atoms with E-state index in [0.29, 0.717) is 24.8 Å². The lowest BCUT2D eigenvalue weighted by Crippen LogP contribution is -2.28. The number of fused-ring (bicyclic) bond motifs is 2. The zero-order valence-corrected chi connectivity index (χ0v) is 18.9. The summed E-state index contributed by atoms with van der Waals surface area (Å²) in [4.78, 5) is 9.38. The van der Waals surface area contributed by atoms with Crippen molar-refractivity contribution >= 4 is 17.4 Å². The van der Waals surface area contributed by atoms with Crippen molar-refractivity contribution in [2.75, 3.05) is 19.7 Å². The minimum Gasteiger partial charge on any atom is -0.490 e. The number of amidine groups is 1. The minimum absolute atomic E-state index is 0.504. The first-order valence-corrected chi connectivity index (χ1v) is 11.6. The Morgan fingerprint density at radius 2 is 1.69 bits per heavy atom. The molecule has 5 nitrogen and oxygen atoms in total. The van der Waals surface area contributed by atoms with Crippen LogP contribution < -0.4 is 14.8 Å². The second kappa shape index (κ2) is 11.5.